The van der Waals surface area contributed by atoms with Gasteiger partial charge in [-0.1, -0.05) is 6.07 Å². The summed E-state index contributed by atoms with van der Waals surface area (Å²) in [5, 5.41) is 9.72. The van der Waals surface area contributed by atoms with Gasteiger partial charge in [-0.2, -0.15) is 0 Å². The highest BCUT2D eigenvalue weighted by Crippen LogP contribution is 2.18. The van der Waals surface area contributed by atoms with E-state index >= 15 is 0 Å². The van der Waals surface area contributed by atoms with E-state index in [2.05, 4.69) is 16.8 Å². The van der Waals surface area contributed by atoms with E-state index in [0.29, 0.717) is 6.54 Å². The molecule has 3 nitrogen and oxygen atoms in total. The van der Waals surface area contributed by atoms with Gasteiger partial charge in [0.25, 0.3) is 0 Å². The molecule has 1 aromatic heterocycles. The van der Waals surface area contributed by atoms with Gasteiger partial charge in [0.1, 0.15) is 0 Å². The molecule has 1 unspecified atom stereocenters. The fourth-order valence-electron chi connectivity index (χ4n) is 1.60. The van der Waals surface area contributed by atoms with Crippen molar-refractivity contribution < 1.29 is 5.11 Å². The Kier molecular flexibility index (Phi) is 3.83. The second-order valence-corrected chi connectivity index (χ2v) is 4.66. The zero-order valence-electron chi connectivity index (χ0n) is 9.94. The van der Waals surface area contributed by atoms with Crippen molar-refractivity contribution >= 4 is 0 Å². The van der Waals surface area contributed by atoms with Crippen LogP contribution in [-0.2, 0) is 0 Å². The molecule has 1 atom stereocenters. The van der Waals surface area contributed by atoms with Crippen LogP contribution in [0.5, 0.6) is 0 Å². The first-order valence-electron chi connectivity index (χ1n) is 5.24. The number of rotatable bonds is 4. The first-order chi connectivity index (χ1) is 6.90. The molecule has 0 aliphatic carbocycles. The molecule has 0 aliphatic rings. The van der Waals surface area contributed by atoms with E-state index in [0.717, 1.165) is 5.69 Å². The molecule has 1 aromatic rings. The van der Waals surface area contributed by atoms with Gasteiger partial charge in [-0.3, -0.25) is 9.88 Å². The van der Waals surface area contributed by atoms with Gasteiger partial charge in [-0.05, 0) is 40.0 Å². The largest absolute Gasteiger partial charge is 0.389 e. The lowest BCUT2D eigenvalue weighted by Crippen LogP contribution is -2.37. The van der Waals surface area contributed by atoms with Crippen LogP contribution in [0, 0.1) is 0 Å². The third kappa shape index (κ3) is 3.98. The Bertz CT molecular complexity index is 292. The minimum Gasteiger partial charge on any atom is -0.389 e. The molecule has 0 saturated heterocycles. The zero-order valence-corrected chi connectivity index (χ0v) is 9.94. The number of likely N-dealkylation sites (N-methyl/N-ethyl adjacent to an activating group) is 1. The Morgan fingerprint density at radius 2 is 2.13 bits per heavy atom. The predicted octanol–water partition coefficient (Wildman–Crippen LogP) is 1.85. The lowest BCUT2D eigenvalue weighted by molar-refractivity contribution is 0.0328. The lowest BCUT2D eigenvalue weighted by Gasteiger charge is -2.30. The Morgan fingerprint density at radius 3 is 2.60 bits per heavy atom. The summed E-state index contributed by atoms with van der Waals surface area (Å²) in [5.41, 5.74) is 0.363. The lowest BCUT2D eigenvalue weighted by atomic mass is 10.1. The molecule has 0 aromatic carbocycles. The monoisotopic (exact) mass is 208 g/mol. The van der Waals surface area contributed by atoms with Gasteiger partial charge >= 0.3 is 0 Å². The van der Waals surface area contributed by atoms with E-state index < -0.39 is 5.60 Å². The van der Waals surface area contributed by atoms with Gasteiger partial charge < -0.3 is 5.11 Å². The van der Waals surface area contributed by atoms with Gasteiger partial charge in [0.05, 0.1) is 11.3 Å². The highest BCUT2D eigenvalue weighted by Gasteiger charge is 2.20. The summed E-state index contributed by atoms with van der Waals surface area (Å²) in [6.45, 7) is 6.35. The van der Waals surface area contributed by atoms with Crippen molar-refractivity contribution in [3.63, 3.8) is 0 Å². The molecule has 84 valence electrons. The standard InChI is InChI=1S/C12H20N2O/c1-10(11-7-5-6-8-13-11)14(4)9-12(2,3)15/h5-8,10,15H,9H2,1-4H3. The normalized spacial score (nSPS) is 14.3. The summed E-state index contributed by atoms with van der Waals surface area (Å²) in [4.78, 5) is 6.41. The average molecular weight is 208 g/mol. The summed E-state index contributed by atoms with van der Waals surface area (Å²) in [6.07, 6.45) is 1.80. The highest BCUT2D eigenvalue weighted by atomic mass is 16.3. The first kappa shape index (κ1) is 12.1. The van der Waals surface area contributed by atoms with Gasteiger partial charge in [0, 0.05) is 18.8 Å². The molecule has 0 saturated carbocycles. The molecule has 0 bridgehead atoms. The van der Waals surface area contributed by atoms with E-state index in [1.807, 2.05) is 39.1 Å². The van der Waals surface area contributed by atoms with Crippen LogP contribution in [0.15, 0.2) is 24.4 Å². The van der Waals surface area contributed by atoms with Crippen LogP contribution in [-0.4, -0.2) is 34.2 Å². The van der Waals surface area contributed by atoms with Crippen LogP contribution in [0.2, 0.25) is 0 Å². The molecule has 0 radical (unpaired) electrons. The maximum absolute atomic E-state index is 9.72. The third-order valence-corrected chi connectivity index (χ3v) is 2.41. The highest BCUT2D eigenvalue weighted by molar-refractivity contribution is 5.07. The van der Waals surface area contributed by atoms with Crippen molar-refractivity contribution in [3.05, 3.63) is 30.1 Å². The molecular formula is C12H20N2O. The van der Waals surface area contributed by atoms with Crippen molar-refractivity contribution in [2.75, 3.05) is 13.6 Å². The smallest absolute Gasteiger partial charge is 0.0718 e. The Labute approximate surface area is 91.8 Å². The van der Waals surface area contributed by atoms with Crippen molar-refractivity contribution in [1.29, 1.82) is 0 Å². The minimum absolute atomic E-state index is 0.220. The maximum Gasteiger partial charge on any atom is 0.0718 e. The van der Waals surface area contributed by atoms with Crippen molar-refractivity contribution in [1.82, 2.24) is 9.88 Å². The number of nitrogens with zero attached hydrogens (tertiary/aromatic N) is 2. The van der Waals surface area contributed by atoms with Gasteiger partial charge in [-0.15, -0.1) is 0 Å². The molecule has 1 N–H and O–H groups in total. The summed E-state index contributed by atoms with van der Waals surface area (Å²) >= 11 is 0. The number of pyridine rings is 1. The Hall–Kier alpha value is -0.930. The molecule has 1 rings (SSSR count). The number of aliphatic hydroxyl groups is 1. The maximum atomic E-state index is 9.72. The Morgan fingerprint density at radius 1 is 1.47 bits per heavy atom. The van der Waals surface area contributed by atoms with E-state index in [4.69, 9.17) is 0 Å². The number of hydrogen-bond acceptors (Lipinski definition) is 3. The van der Waals surface area contributed by atoms with Crippen molar-refractivity contribution in [3.8, 4) is 0 Å². The van der Waals surface area contributed by atoms with Crippen molar-refractivity contribution in [2.45, 2.75) is 32.4 Å². The summed E-state index contributed by atoms with van der Waals surface area (Å²) in [5.74, 6) is 0. The predicted molar refractivity (Wildman–Crippen MR) is 61.6 cm³/mol. The zero-order chi connectivity index (χ0) is 11.5. The van der Waals surface area contributed by atoms with Crippen LogP contribution >= 0.6 is 0 Å². The molecule has 15 heavy (non-hydrogen) atoms. The van der Waals surface area contributed by atoms with E-state index in [9.17, 15) is 5.11 Å². The molecule has 0 fully saturated rings. The van der Waals surface area contributed by atoms with Gasteiger partial charge in [-0.25, -0.2) is 0 Å². The van der Waals surface area contributed by atoms with E-state index in [-0.39, 0.29) is 6.04 Å². The molecule has 0 spiro atoms. The average Bonchev–Trinajstić information content (AvgIpc) is 2.15. The van der Waals surface area contributed by atoms with Crippen LogP contribution in [0.3, 0.4) is 0 Å². The van der Waals surface area contributed by atoms with Crippen LogP contribution in [0.4, 0.5) is 0 Å². The van der Waals surface area contributed by atoms with Crippen LogP contribution in [0.25, 0.3) is 0 Å². The third-order valence-electron chi connectivity index (χ3n) is 2.41. The molecule has 0 aliphatic heterocycles. The topological polar surface area (TPSA) is 36.4 Å². The fraction of sp³-hybridized carbons (Fsp3) is 0.583. The number of hydrogen-bond donors (Lipinski definition) is 1. The van der Waals surface area contributed by atoms with Crippen molar-refractivity contribution in [2.24, 2.45) is 0 Å². The second-order valence-electron chi connectivity index (χ2n) is 4.66. The molecule has 3 heteroatoms. The Balaban J connectivity index is 2.65. The molecule has 0 amide bonds. The quantitative estimate of drug-likeness (QED) is 0.820. The van der Waals surface area contributed by atoms with E-state index in [1.54, 1.807) is 6.20 Å². The summed E-state index contributed by atoms with van der Waals surface area (Å²) < 4.78 is 0. The number of aromatic nitrogens is 1. The van der Waals surface area contributed by atoms with Gasteiger partial charge in [0.15, 0.2) is 0 Å². The van der Waals surface area contributed by atoms with Crippen LogP contribution in [0.1, 0.15) is 32.5 Å². The minimum atomic E-state index is -0.669. The fourth-order valence-corrected chi connectivity index (χ4v) is 1.60. The molecular weight excluding hydrogens is 188 g/mol. The first-order valence-corrected chi connectivity index (χ1v) is 5.24. The molecule has 1 heterocycles. The summed E-state index contributed by atoms with van der Waals surface area (Å²) in [7, 11) is 2.00. The van der Waals surface area contributed by atoms with Gasteiger partial charge in [0.2, 0.25) is 0 Å². The summed E-state index contributed by atoms with van der Waals surface area (Å²) in [6, 6.07) is 6.12. The van der Waals surface area contributed by atoms with E-state index in [1.165, 1.54) is 0 Å². The van der Waals surface area contributed by atoms with Crippen LogP contribution < -0.4 is 0 Å². The second kappa shape index (κ2) is 4.73. The SMILES string of the molecule is CC(c1ccccn1)N(C)CC(C)(C)O.